The molecule has 150 valence electrons. The molecular formula is C18H17BrF2NO4PS. The minimum Gasteiger partial charge on any atom is -0.366 e. The Morgan fingerprint density at radius 1 is 1.25 bits per heavy atom. The van der Waals surface area contributed by atoms with Gasteiger partial charge in [0.25, 0.3) is 0 Å². The summed E-state index contributed by atoms with van der Waals surface area (Å²) in [5, 5.41) is 0. The zero-order valence-corrected chi connectivity index (χ0v) is 17.7. The van der Waals surface area contributed by atoms with Crippen LogP contribution in [0.15, 0.2) is 53.0 Å². The average molecular weight is 492 g/mol. The second kappa shape index (κ2) is 9.33. The molecule has 0 atom stereocenters. The molecule has 0 unspecified atom stereocenters. The molecule has 0 aliphatic carbocycles. The first-order valence-corrected chi connectivity index (χ1v) is 11.4. The van der Waals surface area contributed by atoms with Crippen molar-refractivity contribution in [1.29, 1.82) is 0 Å². The van der Waals surface area contributed by atoms with Crippen molar-refractivity contribution in [2.75, 3.05) is 5.75 Å². The predicted octanol–water partition coefficient (Wildman–Crippen LogP) is 4.72. The number of hydrogen-bond donors (Lipinski definition) is 3. The third kappa shape index (κ3) is 5.75. The van der Waals surface area contributed by atoms with Crippen molar-refractivity contribution in [3.8, 4) is 0 Å². The smallest absolute Gasteiger partial charge is 0.366 e. The van der Waals surface area contributed by atoms with Gasteiger partial charge in [0.1, 0.15) is 0 Å². The van der Waals surface area contributed by atoms with Crippen LogP contribution >= 0.6 is 35.3 Å². The first kappa shape index (κ1) is 22.8. The summed E-state index contributed by atoms with van der Waals surface area (Å²) in [5.74, 6) is 0.660. The third-order valence-corrected chi connectivity index (χ3v) is 6.28. The summed E-state index contributed by atoms with van der Waals surface area (Å²) in [5.41, 5.74) is 2.23. The van der Waals surface area contributed by atoms with Crippen molar-refractivity contribution >= 4 is 47.3 Å². The monoisotopic (exact) mass is 491 g/mol. The number of amides is 1. The minimum atomic E-state index is -5.61. The van der Waals surface area contributed by atoms with Crippen molar-refractivity contribution < 1.29 is 27.9 Å². The topological polar surface area (TPSA) is 101 Å². The molecule has 0 saturated carbocycles. The number of carbonyl (C=O) groups excluding carboxylic acids is 1. The Morgan fingerprint density at radius 3 is 2.57 bits per heavy atom. The molecule has 0 spiro atoms. The lowest BCUT2D eigenvalue weighted by Gasteiger charge is -2.19. The number of alkyl halides is 2. The fourth-order valence-electron chi connectivity index (χ4n) is 2.27. The van der Waals surface area contributed by atoms with Gasteiger partial charge in [0.15, 0.2) is 0 Å². The number of thioether (sulfide) groups is 1. The van der Waals surface area contributed by atoms with Crippen LogP contribution in [-0.4, -0.2) is 21.4 Å². The lowest BCUT2D eigenvalue weighted by molar-refractivity contribution is 0.0557. The van der Waals surface area contributed by atoms with Crippen molar-refractivity contribution in [3.05, 3.63) is 75.3 Å². The van der Waals surface area contributed by atoms with E-state index in [4.69, 9.17) is 15.5 Å². The number of benzene rings is 2. The van der Waals surface area contributed by atoms with Crippen LogP contribution in [-0.2, 0) is 16.0 Å². The molecular weight excluding hydrogens is 475 g/mol. The molecule has 0 saturated heterocycles. The number of rotatable bonds is 8. The molecule has 0 radical (unpaired) electrons. The van der Waals surface area contributed by atoms with Gasteiger partial charge in [-0.05, 0) is 29.3 Å². The maximum absolute atomic E-state index is 13.8. The highest BCUT2D eigenvalue weighted by atomic mass is 79.9. The van der Waals surface area contributed by atoms with E-state index in [0.29, 0.717) is 17.1 Å². The first-order valence-electron chi connectivity index (χ1n) is 7.89. The van der Waals surface area contributed by atoms with Gasteiger partial charge in [0.05, 0.1) is 0 Å². The van der Waals surface area contributed by atoms with Crippen LogP contribution in [0.2, 0.25) is 0 Å². The fraction of sp³-hybridized carbons (Fsp3) is 0.167. The molecule has 10 heteroatoms. The fourth-order valence-corrected chi connectivity index (χ4v) is 4.38. The van der Waals surface area contributed by atoms with E-state index in [9.17, 15) is 18.1 Å². The van der Waals surface area contributed by atoms with Gasteiger partial charge in [0, 0.05) is 27.1 Å². The zero-order chi connectivity index (χ0) is 20.9. The van der Waals surface area contributed by atoms with Crippen LogP contribution in [0, 0.1) is 0 Å². The Morgan fingerprint density at radius 2 is 1.96 bits per heavy atom. The Balaban J connectivity index is 1.95. The van der Waals surface area contributed by atoms with Gasteiger partial charge < -0.3 is 15.5 Å². The van der Waals surface area contributed by atoms with Crippen LogP contribution in [0.4, 0.5) is 8.78 Å². The molecule has 5 nitrogen and oxygen atoms in total. The number of nitrogens with two attached hydrogens (primary N) is 1. The average Bonchev–Trinajstić information content (AvgIpc) is 2.60. The van der Waals surface area contributed by atoms with Gasteiger partial charge in [-0.2, -0.15) is 20.5 Å². The maximum atomic E-state index is 13.8. The predicted molar refractivity (Wildman–Crippen MR) is 110 cm³/mol. The van der Waals surface area contributed by atoms with E-state index in [-0.39, 0.29) is 4.47 Å². The van der Waals surface area contributed by atoms with E-state index >= 15 is 0 Å². The molecule has 0 aliphatic heterocycles. The second-order valence-corrected chi connectivity index (χ2v) is 9.34. The van der Waals surface area contributed by atoms with E-state index in [0.717, 1.165) is 17.2 Å². The van der Waals surface area contributed by atoms with Crippen molar-refractivity contribution in [1.82, 2.24) is 0 Å². The summed E-state index contributed by atoms with van der Waals surface area (Å²) >= 11 is 4.49. The van der Waals surface area contributed by atoms with E-state index in [2.05, 4.69) is 15.9 Å². The van der Waals surface area contributed by atoms with Gasteiger partial charge >= 0.3 is 13.3 Å². The highest BCUT2D eigenvalue weighted by Crippen LogP contribution is 2.60. The molecule has 0 aromatic heterocycles. The van der Waals surface area contributed by atoms with Crippen LogP contribution in [0.5, 0.6) is 0 Å². The summed E-state index contributed by atoms with van der Waals surface area (Å²) in [7, 11) is -5.61. The Labute approximate surface area is 173 Å². The Kier molecular flexibility index (Phi) is 7.59. The molecule has 0 heterocycles. The lowest BCUT2D eigenvalue weighted by Crippen LogP contribution is -2.14. The Hall–Kier alpha value is -1.51. The van der Waals surface area contributed by atoms with Crippen molar-refractivity contribution in [2.24, 2.45) is 5.73 Å². The third-order valence-electron chi connectivity index (χ3n) is 3.69. The molecule has 2 aromatic carbocycles. The normalized spacial score (nSPS) is 12.5. The van der Waals surface area contributed by atoms with E-state index in [1.807, 2.05) is 18.2 Å². The maximum Gasteiger partial charge on any atom is 0.399 e. The molecule has 0 fully saturated rings. The molecule has 0 aliphatic rings. The van der Waals surface area contributed by atoms with Crippen LogP contribution in [0.25, 0.3) is 6.08 Å². The molecule has 2 rings (SSSR count). The number of hydrogen-bond acceptors (Lipinski definition) is 3. The van der Waals surface area contributed by atoms with Crippen LogP contribution in [0.1, 0.15) is 27.0 Å². The van der Waals surface area contributed by atoms with Gasteiger partial charge in [-0.15, -0.1) is 0 Å². The molecule has 0 bridgehead atoms. The molecule has 1 amide bonds. The quantitative estimate of drug-likeness (QED) is 0.366. The summed E-state index contributed by atoms with van der Waals surface area (Å²) in [6.45, 7) is 0. The van der Waals surface area contributed by atoms with E-state index in [1.165, 1.54) is 23.9 Å². The van der Waals surface area contributed by atoms with Crippen LogP contribution in [0.3, 0.4) is 0 Å². The lowest BCUT2D eigenvalue weighted by atomic mass is 10.1. The van der Waals surface area contributed by atoms with Crippen molar-refractivity contribution in [3.63, 3.8) is 0 Å². The van der Waals surface area contributed by atoms with E-state index < -0.39 is 24.7 Å². The Bertz CT molecular complexity index is 949. The standard InChI is InChI=1S/C18H17BrF2NO4PS/c19-16-10-13(6-7-15(16)18(20,21)27(24,25)26)11-28-8-2-4-12-3-1-5-14(9-12)17(22)23/h1-7,9-10H,8,11H2,(H2,22,23)(H2,24,25,26). The molecule has 28 heavy (non-hydrogen) atoms. The van der Waals surface area contributed by atoms with Crippen LogP contribution < -0.4 is 5.73 Å². The summed E-state index contributed by atoms with van der Waals surface area (Å²) in [4.78, 5) is 28.8. The molecule has 2 aromatic rings. The summed E-state index contributed by atoms with van der Waals surface area (Å²) < 4.78 is 38.6. The van der Waals surface area contributed by atoms with Gasteiger partial charge in [-0.1, -0.05) is 52.3 Å². The van der Waals surface area contributed by atoms with Gasteiger partial charge in [-0.25, -0.2) is 0 Å². The SMILES string of the molecule is NC(=O)c1cccc(C=CCSCc2ccc(C(F)(F)P(=O)(O)O)c(Br)c2)c1. The van der Waals surface area contributed by atoms with E-state index in [1.54, 1.807) is 18.2 Å². The summed E-state index contributed by atoms with van der Waals surface area (Å²) in [6, 6.07) is 10.7. The molecule has 4 N–H and O–H groups in total. The number of carbonyl (C=O) groups is 1. The summed E-state index contributed by atoms with van der Waals surface area (Å²) in [6.07, 6.45) is 3.75. The highest BCUT2D eigenvalue weighted by Gasteiger charge is 2.51. The number of primary amides is 1. The zero-order valence-electron chi connectivity index (χ0n) is 14.4. The van der Waals surface area contributed by atoms with Gasteiger partial charge in [-0.3, -0.25) is 9.36 Å². The minimum absolute atomic E-state index is 0.0577. The largest absolute Gasteiger partial charge is 0.399 e. The van der Waals surface area contributed by atoms with Gasteiger partial charge in [0.2, 0.25) is 5.91 Å². The second-order valence-electron chi connectivity index (χ2n) is 5.81. The highest BCUT2D eigenvalue weighted by molar-refractivity contribution is 9.10. The number of halogens is 3. The van der Waals surface area contributed by atoms with Crippen molar-refractivity contribution in [2.45, 2.75) is 11.4 Å². The first-order chi connectivity index (χ1) is 13.0.